The predicted octanol–water partition coefficient (Wildman–Crippen LogP) is 4.79. The summed E-state index contributed by atoms with van der Waals surface area (Å²) in [4.78, 5) is 14.0. The molecular formula is C20H14N6S. The van der Waals surface area contributed by atoms with E-state index >= 15 is 0 Å². The third kappa shape index (κ3) is 2.55. The molecule has 7 heteroatoms. The van der Waals surface area contributed by atoms with E-state index in [2.05, 4.69) is 32.4 Å². The molecule has 6 nitrogen and oxygen atoms in total. The third-order valence-electron chi connectivity index (χ3n) is 4.55. The topological polar surface area (TPSA) is 82.3 Å². The summed E-state index contributed by atoms with van der Waals surface area (Å²) < 4.78 is 1.98. The van der Waals surface area contributed by atoms with E-state index in [4.69, 9.17) is 0 Å². The number of aromatic nitrogens is 4. The molecule has 0 aliphatic carbocycles. The first-order chi connectivity index (χ1) is 13.2. The second-order valence-corrected chi connectivity index (χ2v) is 7.29. The second-order valence-electron chi connectivity index (χ2n) is 6.25. The molecule has 2 N–H and O–H groups in total. The van der Waals surface area contributed by atoms with Crippen molar-refractivity contribution in [2.75, 3.05) is 5.32 Å². The standard InChI is InChI=1S/C20H14N6S/c1-26-7-6-23-19(26)17-9-15-18(13(10-21)11-24-20(15)27-17)25-14-2-3-16-12(8-14)4-5-22-16/h2-9,11,22H,1H3,(H,24,25). The number of nitriles is 1. The van der Waals surface area contributed by atoms with Gasteiger partial charge in [0.15, 0.2) is 0 Å². The molecule has 27 heavy (non-hydrogen) atoms. The average molecular weight is 370 g/mol. The van der Waals surface area contributed by atoms with E-state index in [0.717, 1.165) is 43.2 Å². The SMILES string of the molecule is Cn1ccnc1-c1cc2c(Nc3ccc4[nH]ccc4c3)c(C#N)cnc2s1. The van der Waals surface area contributed by atoms with Gasteiger partial charge in [0.1, 0.15) is 16.7 Å². The quantitative estimate of drug-likeness (QED) is 0.478. The number of pyridine rings is 1. The maximum Gasteiger partial charge on any atom is 0.149 e. The summed E-state index contributed by atoms with van der Waals surface area (Å²) in [5, 5.41) is 15.0. The molecule has 0 amide bonds. The Bertz CT molecular complexity index is 1330. The molecule has 0 saturated heterocycles. The summed E-state index contributed by atoms with van der Waals surface area (Å²) in [6, 6.07) is 12.4. The van der Waals surface area contributed by atoms with Crippen molar-refractivity contribution in [1.29, 1.82) is 5.26 Å². The molecule has 4 heterocycles. The number of fused-ring (bicyclic) bond motifs is 2. The average Bonchev–Trinajstić information content (AvgIpc) is 3.40. The Morgan fingerprint density at radius 1 is 1.22 bits per heavy atom. The van der Waals surface area contributed by atoms with Gasteiger partial charge in [-0.1, -0.05) is 0 Å². The highest BCUT2D eigenvalue weighted by Gasteiger charge is 2.15. The van der Waals surface area contributed by atoms with E-state index in [1.54, 1.807) is 23.7 Å². The number of rotatable bonds is 3. The van der Waals surface area contributed by atoms with Gasteiger partial charge in [0.2, 0.25) is 0 Å². The Balaban J connectivity index is 1.66. The fraction of sp³-hybridized carbons (Fsp3) is 0.0500. The monoisotopic (exact) mass is 370 g/mol. The van der Waals surface area contributed by atoms with Crippen LogP contribution in [-0.2, 0) is 7.05 Å². The van der Waals surface area contributed by atoms with E-state index in [-0.39, 0.29) is 0 Å². The van der Waals surface area contributed by atoms with Crippen LogP contribution in [-0.4, -0.2) is 19.5 Å². The summed E-state index contributed by atoms with van der Waals surface area (Å²) in [7, 11) is 1.96. The summed E-state index contributed by atoms with van der Waals surface area (Å²) >= 11 is 1.57. The van der Waals surface area contributed by atoms with Crippen LogP contribution in [0.2, 0.25) is 0 Å². The number of imidazole rings is 1. The van der Waals surface area contributed by atoms with Crippen molar-refractivity contribution in [2.24, 2.45) is 7.05 Å². The normalized spacial score (nSPS) is 11.1. The molecule has 0 aliphatic rings. The van der Waals surface area contributed by atoms with Gasteiger partial charge in [-0.05, 0) is 30.3 Å². The van der Waals surface area contributed by atoms with Gasteiger partial charge in [-0.2, -0.15) is 5.26 Å². The molecule has 0 bridgehead atoms. The maximum atomic E-state index is 9.58. The van der Waals surface area contributed by atoms with E-state index in [9.17, 15) is 5.26 Å². The van der Waals surface area contributed by atoms with E-state index in [1.165, 1.54) is 0 Å². The number of benzene rings is 1. The van der Waals surface area contributed by atoms with Gasteiger partial charge < -0.3 is 14.9 Å². The highest BCUT2D eigenvalue weighted by Crippen LogP contribution is 2.38. The molecule has 4 aromatic heterocycles. The van der Waals surface area contributed by atoms with Crippen LogP contribution in [0.5, 0.6) is 0 Å². The fourth-order valence-corrected chi connectivity index (χ4v) is 4.25. The van der Waals surface area contributed by atoms with Crippen molar-refractivity contribution < 1.29 is 0 Å². The van der Waals surface area contributed by atoms with Gasteiger partial charge in [-0.3, -0.25) is 0 Å². The molecule has 5 rings (SSSR count). The molecule has 0 fully saturated rings. The Morgan fingerprint density at radius 3 is 2.96 bits per heavy atom. The lowest BCUT2D eigenvalue weighted by molar-refractivity contribution is 0.928. The Labute approximate surface area is 158 Å². The van der Waals surface area contributed by atoms with Gasteiger partial charge in [0.05, 0.1) is 16.1 Å². The number of thiophene rings is 1. The lowest BCUT2D eigenvalue weighted by Gasteiger charge is -2.09. The minimum absolute atomic E-state index is 0.515. The first kappa shape index (κ1) is 15.6. The number of anilines is 2. The smallest absolute Gasteiger partial charge is 0.149 e. The number of nitrogens with zero attached hydrogens (tertiary/aromatic N) is 4. The van der Waals surface area contributed by atoms with Crippen LogP contribution in [0.3, 0.4) is 0 Å². The lowest BCUT2D eigenvalue weighted by atomic mass is 10.1. The molecule has 0 atom stereocenters. The molecule has 0 radical (unpaired) electrons. The van der Waals surface area contributed by atoms with Gasteiger partial charge >= 0.3 is 0 Å². The van der Waals surface area contributed by atoms with Crippen LogP contribution in [0.15, 0.2) is 55.1 Å². The number of H-pyrrole nitrogens is 1. The fourth-order valence-electron chi connectivity index (χ4n) is 3.20. The van der Waals surface area contributed by atoms with Gasteiger partial charge in [-0.25, -0.2) is 9.97 Å². The van der Waals surface area contributed by atoms with Crippen molar-refractivity contribution in [1.82, 2.24) is 19.5 Å². The molecule has 5 aromatic rings. The molecule has 0 aliphatic heterocycles. The zero-order chi connectivity index (χ0) is 18.4. The summed E-state index contributed by atoms with van der Waals surface area (Å²) in [6.45, 7) is 0. The van der Waals surface area contributed by atoms with Crippen molar-refractivity contribution in [3.63, 3.8) is 0 Å². The Morgan fingerprint density at radius 2 is 2.15 bits per heavy atom. The zero-order valence-corrected chi connectivity index (χ0v) is 15.2. The first-order valence-corrected chi connectivity index (χ1v) is 9.19. The van der Waals surface area contributed by atoms with Crippen molar-refractivity contribution >= 4 is 43.8 Å². The first-order valence-electron chi connectivity index (χ1n) is 8.37. The number of aromatic amines is 1. The predicted molar refractivity (Wildman–Crippen MR) is 108 cm³/mol. The van der Waals surface area contributed by atoms with Crippen LogP contribution in [0.4, 0.5) is 11.4 Å². The third-order valence-corrected chi connectivity index (χ3v) is 5.59. The van der Waals surface area contributed by atoms with Gasteiger partial charge in [-0.15, -0.1) is 11.3 Å². The Hall–Kier alpha value is -3.63. The van der Waals surface area contributed by atoms with Crippen molar-refractivity contribution in [3.8, 4) is 16.8 Å². The van der Waals surface area contributed by atoms with Crippen LogP contribution in [0.1, 0.15) is 5.56 Å². The summed E-state index contributed by atoms with van der Waals surface area (Å²) in [6.07, 6.45) is 7.23. The van der Waals surface area contributed by atoms with Crippen LogP contribution in [0.25, 0.3) is 31.8 Å². The zero-order valence-electron chi connectivity index (χ0n) is 14.4. The van der Waals surface area contributed by atoms with Crippen LogP contribution < -0.4 is 5.32 Å². The van der Waals surface area contributed by atoms with Gasteiger partial charge in [0, 0.05) is 53.8 Å². The lowest BCUT2D eigenvalue weighted by Crippen LogP contribution is -1.95. The summed E-state index contributed by atoms with van der Waals surface area (Å²) in [5.74, 6) is 0.885. The van der Waals surface area contributed by atoms with Crippen LogP contribution in [0, 0.1) is 11.3 Å². The van der Waals surface area contributed by atoms with E-state index < -0.39 is 0 Å². The molecule has 0 unspecified atom stereocenters. The molecule has 130 valence electrons. The highest BCUT2D eigenvalue weighted by molar-refractivity contribution is 7.21. The molecule has 1 aromatic carbocycles. The molecule has 0 saturated carbocycles. The molecular weight excluding hydrogens is 356 g/mol. The summed E-state index contributed by atoms with van der Waals surface area (Å²) in [5.41, 5.74) is 3.29. The number of hydrogen-bond acceptors (Lipinski definition) is 5. The van der Waals surface area contributed by atoms with E-state index in [0.29, 0.717) is 5.56 Å². The highest BCUT2D eigenvalue weighted by atomic mass is 32.1. The number of hydrogen-bond donors (Lipinski definition) is 2. The molecule has 0 spiro atoms. The Kier molecular flexibility index (Phi) is 3.45. The second kappa shape index (κ2) is 5.97. The van der Waals surface area contributed by atoms with Gasteiger partial charge in [0.25, 0.3) is 0 Å². The van der Waals surface area contributed by atoms with Crippen molar-refractivity contribution in [3.05, 3.63) is 60.7 Å². The van der Waals surface area contributed by atoms with Crippen molar-refractivity contribution in [2.45, 2.75) is 0 Å². The number of nitrogens with one attached hydrogen (secondary N) is 2. The number of aryl methyl sites for hydroxylation is 1. The largest absolute Gasteiger partial charge is 0.361 e. The minimum Gasteiger partial charge on any atom is -0.361 e. The van der Waals surface area contributed by atoms with E-state index in [1.807, 2.05) is 48.3 Å². The maximum absolute atomic E-state index is 9.58. The van der Waals surface area contributed by atoms with Crippen LogP contribution >= 0.6 is 11.3 Å². The minimum atomic E-state index is 0.515.